The summed E-state index contributed by atoms with van der Waals surface area (Å²) in [5, 5.41) is 0. The van der Waals surface area contributed by atoms with Crippen LogP contribution in [-0.4, -0.2) is 28.3 Å². The van der Waals surface area contributed by atoms with Crippen molar-refractivity contribution in [1.29, 1.82) is 0 Å². The minimum absolute atomic E-state index is 0.301. The number of H-pyrrole nitrogens is 1. The molecule has 1 saturated heterocycles. The summed E-state index contributed by atoms with van der Waals surface area (Å²) in [7, 11) is -0.380. The molecule has 1 aliphatic rings. The molecule has 1 aliphatic heterocycles. The Morgan fingerprint density at radius 1 is 1.21 bits per heavy atom. The highest BCUT2D eigenvalue weighted by atomic mass is 16.7. The van der Waals surface area contributed by atoms with E-state index < -0.39 is 0 Å². The summed E-state index contributed by atoms with van der Waals surface area (Å²) < 4.78 is 11.6. The van der Waals surface area contributed by atoms with Gasteiger partial charge >= 0.3 is 7.12 Å². The number of nitrogens with zero attached hydrogens (tertiary/aromatic N) is 1. The average Bonchev–Trinajstić information content (AvgIpc) is 2.58. The zero-order valence-electron chi connectivity index (χ0n) is 9.00. The Kier molecular flexibility index (Phi) is 1.98. The van der Waals surface area contributed by atoms with Gasteiger partial charge < -0.3 is 14.3 Å². The van der Waals surface area contributed by atoms with Crippen LogP contribution < -0.4 is 5.72 Å². The first-order valence-corrected chi connectivity index (χ1v) is 4.77. The molecule has 1 fully saturated rings. The molecule has 14 heavy (non-hydrogen) atoms. The topological polar surface area (TPSA) is 47.1 Å². The van der Waals surface area contributed by atoms with Crippen molar-refractivity contribution in [3.63, 3.8) is 0 Å². The molecule has 0 aromatic carbocycles. The van der Waals surface area contributed by atoms with Crippen molar-refractivity contribution in [3.8, 4) is 0 Å². The second-order valence-corrected chi connectivity index (χ2v) is 4.56. The summed E-state index contributed by atoms with van der Waals surface area (Å²) in [6.45, 7) is 8.10. The van der Waals surface area contributed by atoms with Crippen molar-refractivity contribution in [2.75, 3.05) is 0 Å². The molecule has 0 bridgehead atoms. The second kappa shape index (κ2) is 2.84. The van der Waals surface area contributed by atoms with Crippen LogP contribution in [0.1, 0.15) is 27.7 Å². The number of nitrogens with one attached hydrogen (secondary N) is 1. The van der Waals surface area contributed by atoms with Crippen molar-refractivity contribution < 1.29 is 9.31 Å². The van der Waals surface area contributed by atoms with Gasteiger partial charge in [0.1, 0.15) is 5.72 Å². The Hall–Kier alpha value is -0.805. The Balaban J connectivity index is 2.22. The smallest absolute Gasteiger partial charge is 0.397 e. The largest absolute Gasteiger partial charge is 0.532 e. The standard InChI is InChI=1S/C9H15BN2O2/c1-8(2)9(3,4)14-10(13-8)7-11-5-6-12-7/h5-6H,1-4H3,(H,11,12). The van der Waals surface area contributed by atoms with Crippen LogP contribution in [0.4, 0.5) is 0 Å². The van der Waals surface area contributed by atoms with Gasteiger partial charge in [-0.05, 0) is 27.7 Å². The van der Waals surface area contributed by atoms with Crippen LogP contribution >= 0.6 is 0 Å². The van der Waals surface area contributed by atoms with Gasteiger partial charge in [-0.2, -0.15) is 0 Å². The van der Waals surface area contributed by atoms with E-state index in [0.717, 1.165) is 5.72 Å². The van der Waals surface area contributed by atoms with Crippen LogP contribution in [-0.2, 0) is 9.31 Å². The monoisotopic (exact) mass is 194 g/mol. The summed E-state index contributed by atoms with van der Waals surface area (Å²) in [6, 6.07) is 0. The molecule has 0 amide bonds. The molecule has 1 N–H and O–H groups in total. The van der Waals surface area contributed by atoms with Crippen LogP contribution in [0.3, 0.4) is 0 Å². The van der Waals surface area contributed by atoms with Gasteiger partial charge in [0.05, 0.1) is 11.2 Å². The van der Waals surface area contributed by atoms with Crippen LogP contribution in [0, 0.1) is 0 Å². The molecule has 0 saturated carbocycles. The van der Waals surface area contributed by atoms with E-state index in [-0.39, 0.29) is 18.3 Å². The van der Waals surface area contributed by atoms with Crippen molar-refractivity contribution >= 4 is 12.8 Å². The second-order valence-electron chi connectivity index (χ2n) is 4.56. The van der Waals surface area contributed by atoms with Crippen molar-refractivity contribution in [3.05, 3.63) is 12.4 Å². The lowest BCUT2D eigenvalue weighted by molar-refractivity contribution is 0.00578. The summed E-state index contributed by atoms with van der Waals surface area (Å²) in [4.78, 5) is 7.12. The molecule has 0 radical (unpaired) electrons. The Morgan fingerprint density at radius 3 is 2.21 bits per heavy atom. The van der Waals surface area contributed by atoms with Crippen LogP contribution in [0.5, 0.6) is 0 Å². The normalized spacial score (nSPS) is 24.1. The fourth-order valence-electron chi connectivity index (χ4n) is 1.36. The molecule has 1 aromatic heterocycles. The predicted octanol–water partition coefficient (Wildman–Crippen LogP) is 0.709. The van der Waals surface area contributed by atoms with Crippen molar-refractivity contribution in [2.45, 2.75) is 38.9 Å². The van der Waals surface area contributed by atoms with Gasteiger partial charge in [-0.3, -0.25) is 0 Å². The van der Waals surface area contributed by atoms with Crippen molar-refractivity contribution in [1.82, 2.24) is 9.97 Å². The number of hydrogen-bond acceptors (Lipinski definition) is 3. The maximum Gasteiger partial charge on any atom is 0.532 e. The minimum Gasteiger partial charge on any atom is -0.397 e. The quantitative estimate of drug-likeness (QED) is 0.669. The third-order valence-electron chi connectivity index (χ3n) is 3.00. The highest BCUT2D eigenvalue weighted by molar-refractivity contribution is 6.60. The van der Waals surface area contributed by atoms with Crippen LogP contribution in [0.2, 0.25) is 0 Å². The van der Waals surface area contributed by atoms with Crippen LogP contribution in [0.25, 0.3) is 0 Å². The van der Waals surface area contributed by atoms with Gasteiger partial charge in [-0.15, -0.1) is 0 Å². The Labute approximate surface area is 84.2 Å². The van der Waals surface area contributed by atoms with E-state index >= 15 is 0 Å². The fraction of sp³-hybridized carbons (Fsp3) is 0.667. The lowest BCUT2D eigenvalue weighted by Gasteiger charge is -2.32. The van der Waals surface area contributed by atoms with E-state index in [4.69, 9.17) is 9.31 Å². The third kappa shape index (κ3) is 1.37. The molecule has 2 rings (SSSR count). The number of aromatic amines is 1. The molecule has 0 aliphatic carbocycles. The minimum atomic E-state index is -0.380. The SMILES string of the molecule is CC1(C)OB(c2ncc[nH]2)OC1(C)C. The summed E-state index contributed by atoms with van der Waals surface area (Å²) >= 11 is 0. The number of imidazole rings is 1. The molecule has 4 nitrogen and oxygen atoms in total. The highest BCUT2D eigenvalue weighted by Crippen LogP contribution is 2.36. The zero-order chi connectivity index (χ0) is 10.4. The van der Waals surface area contributed by atoms with Gasteiger partial charge in [-0.25, -0.2) is 4.98 Å². The lowest BCUT2D eigenvalue weighted by Crippen LogP contribution is -2.41. The Bertz CT molecular complexity index is 306. The van der Waals surface area contributed by atoms with Gasteiger partial charge in [0.25, 0.3) is 0 Å². The van der Waals surface area contributed by atoms with E-state index in [1.165, 1.54) is 0 Å². The fourth-order valence-corrected chi connectivity index (χ4v) is 1.36. The number of rotatable bonds is 1. The summed E-state index contributed by atoms with van der Waals surface area (Å²) in [6.07, 6.45) is 3.46. The van der Waals surface area contributed by atoms with Gasteiger partial charge in [-0.1, -0.05) is 0 Å². The van der Waals surface area contributed by atoms with E-state index in [1.54, 1.807) is 12.4 Å². The third-order valence-corrected chi connectivity index (χ3v) is 3.00. The van der Waals surface area contributed by atoms with Crippen molar-refractivity contribution in [2.24, 2.45) is 0 Å². The first-order chi connectivity index (χ1) is 6.42. The summed E-state index contributed by atoms with van der Waals surface area (Å²) in [5.41, 5.74) is 0.123. The lowest BCUT2D eigenvalue weighted by atomic mass is 9.89. The molecular formula is C9H15BN2O2. The molecule has 0 atom stereocenters. The van der Waals surface area contributed by atoms with E-state index in [0.29, 0.717) is 0 Å². The highest BCUT2D eigenvalue weighted by Gasteiger charge is 2.52. The average molecular weight is 194 g/mol. The zero-order valence-corrected chi connectivity index (χ0v) is 9.00. The first-order valence-electron chi connectivity index (χ1n) is 4.77. The first kappa shape index (κ1) is 9.74. The maximum atomic E-state index is 5.79. The molecule has 0 unspecified atom stereocenters. The van der Waals surface area contributed by atoms with Gasteiger partial charge in [0, 0.05) is 12.4 Å². The van der Waals surface area contributed by atoms with Gasteiger partial charge in [0.2, 0.25) is 0 Å². The molecule has 5 heteroatoms. The summed E-state index contributed by atoms with van der Waals surface area (Å²) in [5.74, 6) is 0. The molecule has 76 valence electrons. The molecular weight excluding hydrogens is 179 g/mol. The van der Waals surface area contributed by atoms with E-state index in [9.17, 15) is 0 Å². The molecule has 0 spiro atoms. The maximum absolute atomic E-state index is 5.79. The predicted molar refractivity (Wildman–Crippen MR) is 54.3 cm³/mol. The molecule has 2 heterocycles. The Morgan fingerprint density at radius 2 is 1.79 bits per heavy atom. The van der Waals surface area contributed by atoms with E-state index in [2.05, 4.69) is 9.97 Å². The van der Waals surface area contributed by atoms with Crippen LogP contribution in [0.15, 0.2) is 12.4 Å². The number of aromatic nitrogens is 2. The number of hydrogen-bond donors (Lipinski definition) is 1. The van der Waals surface area contributed by atoms with Gasteiger partial charge in [0.15, 0.2) is 0 Å². The molecule has 1 aromatic rings. The van der Waals surface area contributed by atoms with E-state index in [1.807, 2.05) is 27.7 Å².